The van der Waals surface area contributed by atoms with E-state index in [1.807, 2.05) is 42.8 Å². The molecule has 33 heavy (non-hydrogen) atoms. The second-order valence-corrected chi connectivity index (χ2v) is 6.94. The van der Waals surface area contributed by atoms with Crippen molar-refractivity contribution in [3.63, 3.8) is 0 Å². The number of aliphatic imine (C=N–C) groups is 1. The largest absolute Gasteiger partial charge is 0.497 e. The van der Waals surface area contributed by atoms with E-state index in [4.69, 9.17) is 9.47 Å². The number of aromatic nitrogens is 3. The second kappa shape index (κ2) is 12.9. The van der Waals surface area contributed by atoms with Crippen LogP contribution in [-0.2, 0) is 20.1 Å². The molecule has 0 fully saturated rings. The van der Waals surface area contributed by atoms with Gasteiger partial charge in [0.25, 0.3) is 0 Å². The van der Waals surface area contributed by atoms with Gasteiger partial charge in [-0.1, -0.05) is 12.1 Å². The van der Waals surface area contributed by atoms with Crippen LogP contribution in [0, 0.1) is 18.6 Å². The van der Waals surface area contributed by atoms with E-state index in [0.29, 0.717) is 25.6 Å². The molecule has 0 aliphatic heterocycles. The van der Waals surface area contributed by atoms with E-state index in [1.165, 1.54) is 6.07 Å². The Kier molecular flexibility index (Phi) is 10.3. The van der Waals surface area contributed by atoms with E-state index in [0.717, 1.165) is 35.1 Å². The Bertz CT molecular complexity index is 1060. The minimum Gasteiger partial charge on any atom is -0.497 e. The molecule has 0 aliphatic carbocycles. The average molecular weight is 572 g/mol. The third-order valence-electron chi connectivity index (χ3n) is 4.72. The Hall–Kier alpha value is -2.96. The first-order valence-electron chi connectivity index (χ1n) is 10.0. The van der Waals surface area contributed by atoms with Crippen LogP contribution in [0.2, 0.25) is 0 Å². The number of benzene rings is 2. The average Bonchev–Trinajstić information content (AvgIpc) is 3.11. The molecule has 0 bridgehead atoms. The maximum Gasteiger partial charge on any atom is 0.192 e. The van der Waals surface area contributed by atoms with Crippen LogP contribution >= 0.6 is 24.0 Å². The molecule has 178 valence electrons. The quantitative estimate of drug-likeness (QED) is 0.177. The SMILES string of the molecule is COc1ccc(CN=C(NCCOc2ccc(F)cc2F)NCc2nnc(C)n2C)cc1.I. The summed E-state index contributed by atoms with van der Waals surface area (Å²) in [6, 6.07) is 10.8. The molecule has 3 aromatic rings. The second-order valence-electron chi connectivity index (χ2n) is 6.94. The Morgan fingerprint density at radius 1 is 1.09 bits per heavy atom. The first-order chi connectivity index (χ1) is 15.5. The lowest BCUT2D eigenvalue weighted by atomic mass is 10.2. The zero-order valence-corrected chi connectivity index (χ0v) is 21.0. The molecule has 0 atom stereocenters. The fourth-order valence-electron chi connectivity index (χ4n) is 2.77. The van der Waals surface area contributed by atoms with Gasteiger partial charge in [-0.25, -0.2) is 13.8 Å². The van der Waals surface area contributed by atoms with E-state index >= 15 is 0 Å². The molecule has 3 rings (SSSR count). The van der Waals surface area contributed by atoms with Crippen molar-refractivity contribution in [3.05, 3.63) is 71.3 Å². The zero-order chi connectivity index (χ0) is 22.9. The molecule has 0 aliphatic rings. The lowest BCUT2D eigenvalue weighted by Gasteiger charge is -2.13. The number of halogens is 3. The van der Waals surface area contributed by atoms with Gasteiger partial charge >= 0.3 is 0 Å². The summed E-state index contributed by atoms with van der Waals surface area (Å²) in [7, 11) is 3.51. The fourth-order valence-corrected chi connectivity index (χ4v) is 2.77. The Morgan fingerprint density at radius 3 is 2.48 bits per heavy atom. The van der Waals surface area contributed by atoms with Crippen molar-refractivity contribution in [2.75, 3.05) is 20.3 Å². The molecule has 2 N–H and O–H groups in total. The van der Waals surface area contributed by atoms with Gasteiger partial charge in [-0.05, 0) is 36.8 Å². The number of ether oxygens (including phenoxy) is 2. The summed E-state index contributed by atoms with van der Waals surface area (Å²) >= 11 is 0. The highest BCUT2D eigenvalue weighted by molar-refractivity contribution is 14.0. The number of hydrogen-bond acceptors (Lipinski definition) is 5. The van der Waals surface area contributed by atoms with Crippen molar-refractivity contribution in [2.24, 2.45) is 12.0 Å². The highest BCUT2D eigenvalue weighted by atomic mass is 127. The van der Waals surface area contributed by atoms with Gasteiger partial charge in [0.15, 0.2) is 23.4 Å². The molecule has 8 nitrogen and oxygen atoms in total. The standard InChI is InChI=1S/C22H26F2N6O2.HI/c1-15-28-29-21(30(15)2)14-27-22(26-13-16-4-7-18(31-3)8-5-16)25-10-11-32-20-9-6-17(23)12-19(20)24;/h4-9,12H,10-11,13-14H2,1-3H3,(H2,25,26,27);1H. The summed E-state index contributed by atoms with van der Waals surface area (Å²) in [4.78, 5) is 4.59. The number of methoxy groups -OCH3 is 1. The molecular formula is C22H27F2IN6O2. The molecule has 0 amide bonds. The Labute approximate surface area is 208 Å². The number of aryl methyl sites for hydroxylation is 1. The predicted octanol–water partition coefficient (Wildman–Crippen LogP) is 3.34. The van der Waals surface area contributed by atoms with Gasteiger partial charge in [-0.3, -0.25) is 0 Å². The fraction of sp³-hybridized carbons (Fsp3) is 0.318. The topological polar surface area (TPSA) is 85.6 Å². The molecule has 0 saturated heterocycles. The molecular weight excluding hydrogens is 545 g/mol. The van der Waals surface area contributed by atoms with E-state index < -0.39 is 11.6 Å². The van der Waals surface area contributed by atoms with Crippen molar-refractivity contribution in [1.82, 2.24) is 25.4 Å². The lowest BCUT2D eigenvalue weighted by Crippen LogP contribution is -2.39. The van der Waals surface area contributed by atoms with Gasteiger partial charge in [-0.15, -0.1) is 34.2 Å². The van der Waals surface area contributed by atoms with Crippen LogP contribution in [-0.4, -0.2) is 41.0 Å². The van der Waals surface area contributed by atoms with Crippen LogP contribution in [0.15, 0.2) is 47.5 Å². The summed E-state index contributed by atoms with van der Waals surface area (Å²) < 4.78 is 39.2. The van der Waals surface area contributed by atoms with Gasteiger partial charge in [0.2, 0.25) is 0 Å². The van der Waals surface area contributed by atoms with Gasteiger partial charge in [-0.2, -0.15) is 0 Å². The Balaban J connectivity index is 0.00000385. The summed E-state index contributed by atoms with van der Waals surface area (Å²) in [6.07, 6.45) is 0. The number of hydrogen-bond donors (Lipinski definition) is 2. The summed E-state index contributed by atoms with van der Waals surface area (Å²) in [5.74, 6) is 1.47. The number of guanidine groups is 1. The summed E-state index contributed by atoms with van der Waals surface area (Å²) in [5, 5.41) is 14.5. The minimum atomic E-state index is -0.742. The number of nitrogens with one attached hydrogen (secondary N) is 2. The molecule has 11 heteroatoms. The molecule has 0 unspecified atom stereocenters. The van der Waals surface area contributed by atoms with E-state index in [-0.39, 0.29) is 36.3 Å². The van der Waals surface area contributed by atoms with Gasteiger partial charge in [0.1, 0.15) is 24.0 Å². The number of rotatable bonds is 9. The Morgan fingerprint density at radius 2 is 1.85 bits per heavy atom. The summed E-state index contributed by atoms with van der Waals surface area (Å²) in [5.41, 5.74) is 1.01. The van der Waals surface area contributed by atoms with Crippen molar-refractivity contribution in [3.8, 4) is 11.5 Å². The third-order valence-corrected chi connectivity index (χ3v) is 4.72. The third kappa shape index (κ3) is 7.84. The van der Waals surface area contributed by atoms with Crippen molar-refractivity contribution < 1.29 is 18.3 Å². The monoisotopic (exact) mass is 572 g/mol. The van der Waals surface area contributed by atoms with Crippen molar-refractivity contribution in [2.45, 2.75) is 20.0 Å². The highest BCUT2D eigenvalue weighted by Crippen LogP contribution is 2.17. The van der Waals surface area contributed by atoms with Gasteiger partial charge in [0, 0.05) is 13.1 Å². The van der Waals surface area contributed by atoms with E-state index in [1.54, 1.807) is 7.11 Å². The first kappa shape index (κ1) is 26.3. The molecule has 0 radical (unpaired) electrons. The normalized spacial score (nSPS) is 11.0. The summed E-state index contributed by atoms with van der Waals surface area (Å²) in [6.45, 7) is 3.24. The van der Waals surface area contributed by atoms with E-state index in [9.17, 15) is 8.78 Å². The van der Waals surface area contributed by atoms with Crippen LogP contribution < -0.4 is 20.1 Å². The van der Waals surface area contributed by atoms with Crippen LogP contribution in [0.3, 0.4) is 0 Å². The molecule has 2 aromatic carbocycles. The van der Waals surface area contributed by atoms with Gasteiger partial charge < -0.3 is 24.7 Å². The maximum atomic E-state index is 13.7. The van der Waals surface area contributed by atoms with Crippen LogP contribution in [0.5, 0.6) is 11.5 Å². The predicted molar refractivity (Wildman–Crippen MR) is 132 cm³/mol. The zero-order valence-electron chi connectivity index (χ0n) is 18.6. The van der Waals surface area contributed by atoms with Crippen LogP contribution in [0.4, 0.5) is 8.78 Å². The first-order valence-corrected chi connectivity index (χ1v) is 10.0. The van der Waals surface area contributed by atoms with Crippen LogP contribution in [0.25, 0.3) is 0 Å². The minimum absolute atomic E-state index is 0. The highest BCUT2D eigenvalue weighted by Gasteiger charge is 2.08. The molecule has 0 spiro atoms. The van der Waals surface area contributed by atoms with Crippen LogP contribution in [0.1, 0.15) is 17.2 Å². The molecule has 1 aromatic heterocycles. The molecule has 0 saturated carbocycles. The lowest BCUT2D eigenvalue weighted by molar-refractivity contribution is 0.304. The van der Waals surface area contributed by atoms with Crippen molar-refractivity contribution >= 4 is 29.9 Å². The number of nitrogens with zero attached hydrogens (tertiary/aromatic N) is 4. The maximum absolute atomic E-state index is 13.7. The van der Waals surface area contributed by atoms with Gasteiger partial charge in [0.05, 0.1) is 26.7 Å². The van der Waals surface area contributed by atoms with Crippen molar-refractivity contribution in [1.29, 1.82) is 0 Å². The smallest absolute Gasteiger partial charge is 0.192 e. The van der Waals surface area contributed by atoms with E-state index in [2.05, 4.69) is 25.8 Å². The molecule has 1 heterocycles.